The van der Waals surface area contributed by atoms with Crippen LogP contribution in [0.4, 0.5) is 0 Å². The van der Waals surface area contributed by atoms with E-state index in [1.807, 2.05) is 0 Å². The van der Waals surface area contributed by atoms with Gasteiger partial charge in [-0.05, 0) is 30.7 Å². The third kappa shape index (κ3) is 2.16. The summed E-state index contributed by atoms with van der Waals surface area (Å²) < 4.78 is 15.3. The van der Waals surface area contributed by atoms with E-state index in [4.69, 9.17) is 14.2 Å². The minimum atomic E-state index is -0.388. The molecular weight excluding hydrogens is 208 g/mol. The van der Waals surface area contributed by atoms with Gasteiger partial charge in [-0.3, -0.25) is 0 Å². The van der Waals surface area contributed by atoms with Gasteiger partial charge in [-0.1, -0.05) is 6.58 Å². The summed E-state index contributed by atoms with van der Waals surface area (Å²) in [6.45, 7) is 5.88. The number of rotatable bonds is 3. The van der Waals surface area contributed by atoms with Gasteiger partial charge in [-0.15, -0.1) is 0 Å². The van der Waals surface area contributed by atoms with E-state index in [-0.39, 0.29) is 19.4 Å². The lowest BCUT2D eigenvalue weighted by Gasteiger charge is -2.04. The largest absolute Gasteiger partial charge is 0.458 e. The molecule has 1 aromatic carbocycles. The minimum absolute atomic E-state index is 0.194. The molecule has 0 atom stereocenters. The van der Waals surface area contributed by atoms with E-state index in [0.717, 1.165) is 5.57 Å². The first kappa shape index (κ1) is 10.5. The lowest BCUT2D eigenvalue weighted by atomic mass is 10.2. The molecule has 0 bridgehead atoms. The molecular formula is C12H12O4. The van der Waals surface area contributed by atoms with Crippen molar-refractivity contribution in [3.05, 3.63) is 35.9 Å². The Morgan fingerprint density at radius 1 is 1.44 bits per heavy atom. The van der Waals surface area contributed by atoms with E-state index in [2.05, 4.69) is 6.58 Å². The highest BCUT2D eigenvalue weighted by Crippen LogP contribution is 2.32. The molecule has 0 aliphatic carbocycles. The predicted molar refractivity (Wildman–Crippen MR) is 57.7 cm³/mol. The standard InChI is InChI=1S/C12H12O4/c1-8(2)6-14-12(13)9-3-4-10-11(5-9)16-7-15-10/h3-5H,1,6-7H2,2H3. The van der Waals surface area contributed by atoms with Gasteiger partial charge in [-0.25, -0.2) is 4.79 Å². The van der Waals surface area contributed by atoms with Crippen LogP contribution in [0.1, 0.15) is 17.3 Å². The molecule has 2 rings (SSSR count). The molecule has 84 valence electrons. The van der Waals surface area contributed by atoms with E-state index in [1.54, 1.807) is 25.1 Å². The second-order valence-corrected chi connectivity index (χ2v) is 3.60. The summed E-state index contributed by atoms with van der Waals surface area (Å²) in [6.07, 6.45) is 0. The van der Waals surface area contributed by atoms with Crippen LogP contribution in [0.5, 0.6) is 11.5 Å². The Hall–Kier alpha value is -1.97. The van der Waals surface area contributed by atoms with Crippen LogP contribution in [-0.4, -0.2) is 19.4 Å². The van der Waals surface area contributed by atoms with Crippen molar-refractivity contribution in [3.8, 4) is 11.5 Å². The first-order valence-corrected chi connectivity index (χ1v) is 4.88. The maximum absolute atomic E-state index is 11.6. The normalized spacial score (nSPS) is 12.3. The first-order valence-electron chi connectivity index (χ1n) is 4.88. The fraction of sp³-hybridized carbons (Fsp3) is 0.250. The molecule has 0 unspecified atom stereocenters. The zero-order valence-electron chi connectivity index (χ0n) is 8.99. The van der Waals surface area contributed by atoms with Gasteiger partial charge in [0.1, 0.15) is 6.61 Å². The van der Waals surface area contributed by atoms with Crippen molar-refractivity contribution in [1.82, 2.24) is 0 Å². The second kappa shape index (κ2) is 4.26. The van der Waals surface area contributed by atoms with Crippen molar-refractivity contribution in [2.45, 2.75) is 6.92 Å². The molecule has 4 nitrogen and oxygen atoms in total. The molecule has 1 heterocycles. The van der Waals surface area contributed by atoms with Crippen LogP contribution in [0.3, 0.4) is 0 Å². The number of carbonyl (C=O) groups is 1. The highest BCUT2D eigenvalue weighted by atomic mass is 16.7. The molecule has 4 heteroatoms. The maximum Gasteiger partial charge on any atom is 0.338 e. The van der Waals surface area contributed by atoms with Gasteiger partial charge in [0.2, 0.25) is 6.79 Å². The Morgan fingerprint density at radius 2 is 2.19 bits per heavy atom. The number of hydrogen-bond donors (Lipinski definition) is 0. The van der Waals surface area contributed by atoms with Gasteiger partial charge in [0.25, 0.3) is 0 Å². The fourth-order valence-electron chi connectivity index (χ4n) is 1.30. The summed E-state index contributed by atoms with van der Waals surface area (Å²) in [5.41, 5.74) is 1.25. The van der Waals surface area contributed by atoms with E-state index >= 15 is 0 Å². The first-order chi connectivity index (χ1) is 7.66. The van der Waals surface area contributed by atoms with Crippen molar-refractivity contribution in [1.29, 1.82) is 0 Å². The molecule has 0 radical (unpaired) electrons. The lowest BCUT2D eigenvalue weighted by Crippen LogP contribution is -2.06. The Morgan fingerprint density at radius 3 is 2.94 bits per heavy atom. The molecule has 0 saturated heterocycles. The Bertz CT molecular complexity index is 437. The summed E-state index contributed by atoms with van der Waals surface area (Å²) in [7, 11) is 0. The number of carbonyl (C=O) groups excluding carboxylic acids is 1. The van der Waals surface area contributed by atoms with Crippen LogP contribution in [0.25, 0.3) is 0 Å². The number of esters is 1. The molecule has 16 heavy (non-hydrogen) atoms. The SMILES string of the molecule is C=C(C)COC(=O)c1ccc2c(c1)OCO2. The Kier molecular flexibility index (Phi) is 2.81. The van der Waals surface area contributed by atoms with E-state index in [1.165, 1.54) is 0 Å². The van der Waals surface area contributed by atoms with Crippen molar-refractivity contribution >= 4 is 5.97 Å². The summed E-state index contributed by atoms with van der Waals surface area (Å²) in [5, 5.41) is 0. The third-order valence-corrected chi connectivity index (χ3v) is 2.06. The Labute approximate surface area is 93.4 Å². The van der Waals surface area contributed by atoms with Crippen molar-refractivity contribution in [2.75, 3.05) is 13.4 Å². The van der Waals surface area contributed by atoms with Crippen molar-refractivity contribution in [2.24, 2.45) is 0 Å². The van der Waals surface area contributed by atoms with Gasteiger partial charge in [-0.2, -0.15) is 0 Å². The van der Waals surface area contributed by atoms with Gasteiger partial charge in [0, 0.05) is 0 Å². The minimum Gasteiger partial charge on any atom is -0.458 e. The zero-order chi connectivity index (χ0) is 11.5. The van der Waals surface area contributed by atoms with Crippen molar-refractivity contribution < 1.29 is 19.0 Å². The molecule has 0 spiro atoms. The van der Waals surface area contributed by atoms with Gasteiger partial charge < -0.3 is 14.2 Å². The fourth-order valence-corrected chi connectivity index (χ4v) is 1.30. The maximum atomic E-state index is 11.6. The van der Waals surface area contributed by atoms with E-state index < -0.39 is 0 Å². The van der Waals surface area contributed by atoms with Gasteiger partial charge >= 0.3 is 5.97 Å². The summed E-state index contributed by atoms with van der Waals surface area (Å²) in [6, 6.07) is 4.96. The average molecular weight is 220 g/mol. The van der Waals surface area contributed by atoms with Crippen LogP contribution in [-0.2, 0) is 4.74 Å². The summed E-state index contributed by atoms with van der Waals surface area (Å²) >= 11 is 0. The molecule has 1 aliphatic heterocycles. The number of hydrogen-bond acceptors (Lipinski definition) is 4. The van der Waals surface area contributed by atoms with Crippen LogP contribution in [0.2, 0.25) is 0 Å². The number of ether oxygens (including phenoxy) is 3. The topological polar surface area (TPSA) is 44.8 Å². The molecule has 0 saturated carbocycles. The summed E-state index contributed by atoms with van der Waals surface area (Å²) in [4.78, 5) is 11.6. The number of fused-ring (bicyclic) bond motifs is 1. The molecule has 0 aromatic heterocycles. The van der Waals surface area contributed by atoms with Crippen LogP contribution in [0, 0.1) is 0 Å². The predicted octanol–water partition coefficient (Wildman–Crippen LogP) is 2.15. The van der Waals surface area contributed by atoms with Crippen molar-refractivity contribution in [3.63, 3.8) is 0 Å². The molecule has 0 fully saturated rings. The Balaban J connectivity index is 2.09. The van der Waals surface area contributed by atoms with Crippen LogP contribution >= 0.6 is 0 Å². The lowest BCUT2D eigenvalue weighted by molar-refractivity contribution is 0.0540. The smallest absolute Gasteiger partial charge is 0.338 e. The van der Waals surface area contributed by atoms with Crippen LogP contribution < -0.4 is 9.47 Å². The average Bonchev–Trinajstić information content (AvgIpc) is 2.72. The highest BCUT2D eigenvalue weighted by molar-refractivity contribution is 5.90. The van der Waals surface area contributed by atoms with Crippen LogP contribution in [0.15, 0.2) is 30.4 Å². The summed E-state index contributed by atoms with van der Waals surface area (Å²) in [5.74, 6) is 0.836. The number of benzene rings is 1. The highest BCUT2D eigenvalue weighted by Gasteiger charge is 2.16. The molecule has 0 amide bonds. The zero-order valence-corrected chi connectivity index (χ0v) is 8.99. The van der Waals surface area contributed by atoms with Gasteiger partial charge in [0.15, 0.2) is 11.5 Å². The quantitative estimate of drug-likeness (QED) is 0.578. The van der Waals surface area contributed by atoms with Gasteiger partial charge in [0.05, 0.1) is 5.56 Å². The monoisotopic (exact) mass is 220 g/mol. The third-order valence-electron chi connectivity index (χ3n) is 2.06. The van der Waals surface area contributed by atoms with E-state index in [0.29, 0.717) is 17.1 Å². The molecule has 0 N–H and O–H groups in total. The molecule has 1 aromatic rings. The van der Waals surface area contributed by atoms with E-state index in [9.17, 15) is 4.79 Å². The second-order valence-electron chi connectivity index (χ2n) is 3.60. The molecule has 1 aliphatic rings.